The van der Waals surface area contributed by atoms with Crippen molar-refractivity contribution in [2.75, 3.05) is 13.2 Å². The Morgan fingerprint density at radius 3 is 2.72 bits per heavy atom. The Kier molecular flexibility index (Phi) is 4.30. The highest BCUT2D eigenvalue weighted by Crippen LogP contribution is 2.15. The zero-order valence-corrected chi connectivity index (χ0v) is 10.5. The molecule has 2 N–H and O–H groups in total. The third kappa shape index (κ3) is 3.07. The summed E-state index contributed by atoms with van der Waals surface area (Å²) in [6.45, 7) is 3.41. The van der Waals surface area contributed by atoms with Gasteiger partial charge in [0.1, 0.15) is 5.75 Å². The quantitative estimate of drug-likeness (QED) is 0.840. The van der Waals surface area contributed by atoms with E-state index >= 15 is 0 Å². The highest BCUT2D eigenvalue weighted by atomic mass is 16.5. The molecule has 0 saturated heterocycles. The van der Waals surface area contributed by atoms with Crippen molar-refractivity contribution in [3.63, 3.8) is 0 Å². The zero-order valence-electron chi connectivity index (χ0n) is 10.5. The van der Waals surface area contributed by atoms with E-state index < -0.39 is 0 Å². The van der Waals surface area contributed by atoms with Crippen LogP contribution in [0.25, 0.3) is 5.69 Å². The number of rotatable bonds is 6. The fourth-order valence-electron chi connectivity index (χ4n) is 1.60. The Balaban J connectivity index is 2.07. The zero-order chi connectivity index (χ0) is 12.8. The molecule has 2 aromatic rings. The van der Waals surface area contributed by atoms with Gasteiger partial charge in [-0.2, -0.15) is 0 Å². The van der Waals surface area contributed by atoms with Crippen LogP contribution in [0.3, 0.4) is 0 Å². The monoisotopic (exact) mass is 246 g/mol. The molecule has 0 aliphatic rings. The van der Waals surface area contributed by atoms with E-state index in [1.165, 1.54) is 0 Å². The van der Waals surface area contributed by atoms with Crippen molar-refractivity contribution < 1.29 is 4.74 Å². The predicted octanol–water partition coefficient (Wildman–Crippen LogP) is 1.56. The van der Waals surface area contributed by atoms with Gasteiger partial charge < -0.3 is 10.5 Å². The molecule has 0 bridgehead atoms. The highest BCUT2D eigenvalue weighted by Gasteiger charge is 2.02. The molecule has 18 heavy (non-hydrogen) atoms. The maximum absolute atomic E-state index is 5.53. The van der Waals surface area contributed by atoms with E-state index in [0.717, 1.165) is 36.6 Å². The van der Waals surface area contributed by atoms with Crippen molar-refractivity contribution in [2.45, 2.75) is 19.8 Å². The lowest BCUT2D eigenvalue weighted by molar-refractivity contribution is 0.317. The van der Waals surface area contributed by atoms with E-state index in [-0.39, 0.29) is 0 Å². The molecule has 0 unspecified atom stereocenters. The van der Waals surface area contributed by atoms with Crippen LogP contribution in [0.2, 0.25) is 0 Å². The molecule has 0 fully saturated rings. The largest absolute Gasteiger partial charge is 0.494 e. The predicted molar refractivity (Wildman–Crippen MR) is 69.9 cm³/mol. The average Bonchev–Trinajstić information content (AvgIpc) is 2.86. The fraction of sp³-hybridized carbons (Fsp3) is 0.385. The van der Waals surface area contributed by atoms with Crippen LogP contribution in [0.15, 0.2) is 30.5 Å². The topological polar surface area (TPSA) is 66.0 Å². The number of benzene rings is 1. The third-order valence-corrected chi connectivity index (χ3v) is 2.52. The standard InChI is InChI=1S/C13H18N4O/c1-2-9-18-13-5-3-12(4-6-13)17-10-11(7-8-14)15-16-17/h3-6,10H,2,7-9,14H2,1H3. The summed E-state index contributed by atoms with van der Waals surface area (Å²) in [6.07, 6.45) is 3.65. The minimum absolute atomic E-state index is 0.586. The van der Waals surface area contributed by atoms with Crippen molar-refractivity contribution >= 4 is 0 Å². The summed E-state index contributed by atoms with van der Waals surface area (Å²) in [5.41, 5.74) is 7.35. The summed E-state index contributed by atoms with van der Waals surface area (Å²) in [7, 11) is 0. The molecule has 0 amide bonds. The molecule has 1 aromatic carbocycles. The first-order valence-corrected chi connectivity index (χ1v) is 6.18. The van der Waals surface area contributed by atoms with Gasteiger partial charge in [0.05, 0.1) is 24.2 Å². The summed E-state index contributed by atoms with van der Waals surface area (Å²) < 4.78 is 7.27. The maximum Gasteiger partial charge on any atom is 0.119 e. The van der Waals surface area contributed by atoms with Gasteiger partial charge in [0, 0.05) is 6.42 Å². The molecular formula is C13H18N4O. The number of nitrogens with two attached hydrogens (primary N) is 1. The average molecular weight is 246 g/mol. The summed E-state index contributed by atoms with van der Waals surface area (Å²) in [5.74, 6) is 0.878. The normalized spacial score (nSPS) is 10.6. The van der Waals surface area contributed by atoms with Gasteiger partial charge in [-0.25, -0.2) is 4.68 Å². The second kappa shape index (κ2) is 6.16. The first-order chi connectivity index (χ1) is 8.83. The van der Waals surface area contributed by atoms with E-state index in [4.69, 9.17) is 10.5 Å². The highest BCUT2D eigenvalue weighted by molar-refractivity contribution is 5.36. The maximum atomic E-state index is 5.53. The van der Waals surface area contributed by atoms with Gasteiger partial charge in [-0.15, -0.1) is 5.10 Å². The SMILES string of the molecule is CCCOc1ccc(-n2cc(CCN)nn2)cc1. The summed E-state index contributed by atoms with van der Waals surface area (Å²) in [6, 6.07) is 7.81. The molecule has 1 aromatic heterocycles. The number of hydrogen-bond donors (Lipinski definition) is 1. The first-order valence-electron chi connectivity index (χ1n) is 6.18. The van der Waals surface area contributed by atoms with Gasteiger partial charge in [0.15, 0.2) is 0 Å². The van der Waals surface area contributed by atoms with Crippen molar-refractivity contribution in [2.24, 2.45) is 5.73 Å². The van der Waals surface area contributed by atoms with E-state index in [0.29, 0.717) is 6.54 Å². The van der Waals surface area contributed by atoms with Gasteiger partial charge in [-0.1, -0.05) is 12.1 Å². The molecule has 0 saturated carbocycles. The number of ether oxygens (including phenoxy) is 1. The summed E-state index contributed by atoms with van der Waals surface area (Å²) in [5, 5.41) is 8.12. The molecule has 96 valence electrons. The van der Waals surface area contributed by atoms with Crippen molar-refractivity contribution in [3.8, 4) is 11.4 Å². The van der Waals surface area contributed by atoms with Crippen molar-refractivity contribution in [1.82, 2.24) is 15.0 Å². The minimum atomic E-state index is 0.586. The number of hydrogen-bond acceptors (Lipinski definition) is 4. The molecule has 0 spiro atoms. The third-order valence-electron chi connectivity index (χ3n) is 2.52. The lowest BCUT2D eigenvalue weighted by Gasteiger charge is -2.05. The molecule has 5 nitrogen and oxygen atoms in total. The molecule has 0 aliphatic carbocycles. The number of nitrogens with zero attached hydrogens (tertiary/aromatic N) is 3. The minimum Gasteiger partial charge on any atom is -0.494 e. The smallest absolute Gasteiger partial charge is 0.119 e. The van der Waals surface area contributed by atoms with Gasteiger partial charge in [0.25, 0.3) is 0 Å². The Bertz CT molecular complexity index is 478. The van der Waals surface area contributed by atoms with Gasteiger partial charge in [-0.3, -0.25) is 0 Å². The molecule has 0 aliphatic heterocycles. The van der Waals surface area contributed by atoms with Crippen LogP contribution >= 0.6 is 0 Å². The van der Waals surface area contributed by atoms with Crippen LogP contribution in [0.5, 0.6) is 5.75 Å². The van der Waals surface area contributed by atoms with E-state index in [1.54, 1.807) is 4.68 Å². The lowest BCUT2D eigenvalue weighted by Crippen LogP contribution is -2.02. The fourth-order valence-corrected chi connectivity index (χ4v) is 1.60. The van der Waals surface area contributed by atoms with Crippen LogP contribution in [0, 0.1) is 0 Å². The van der Waals surface area contributed by atoms with Gasteiger partial charge in [0.2, 0.25) is 0 Å². The van der Waals surface area contributed by atoms with Crippen LogP contribution in [0.4, 0.5) is 0 Å². The molecule has 5 heteroatoms. The second-order valence-electron chi connectivity index (χ2n) is 4.04. The van der Waals surface area contributed by atoms with E-state index in [1.807, 2.05) is 30.5 Å². The Morgan fingerprint density at radius 1 is 1.28 bits per heavy atom. The second-order valence-corrected chi connectivity index (χ2v) is 4.04. The van der Waals surface area contributed by atoms with Crippen LogP contribution in [-0.2, 0) is 6.42 Å². The van der Waals surface area contributed by atoms with Crippen LogP contribution < -0.4 is 10.5 Å². The van der Waals surface area contributed by atoms with Gasteiger partial charge >= 0.3 is 0 Å². The molecule has 0 atom stereocenters. The van der Waals surface area contributed by atoms with Crippen LogP contribution in [-0.4, -0.2) is 28.1 Å². The first kappa shape index (κ1) is 12.6. The summed E-state index contributed by atoms with van der Waals surface area (Å²) >= 11 is 0. The van der Waals surface area contributed by atoms with E-state index in [9.17, 15) is 0 Å². The molecule has 0 radical (unpaired) electrons. The molecule has 1 heterocycles. The molecule has 2 rings (SSSR count). The van der Waals surface area contributed by atoms with Crippen molar-refractivity contribution in [1.29, 1.82) is 0 Å². The van der Waals surface area contributed by atoms with Gasteiger partial charge in [-0.05, 0) is 37.2 Å². The lowest BCUT2D eigenvalue weighted by atomic mass is 10.3. The van der Waals surface area contributed by atoms with E-state index in [2.05, 4.69) is 17.2 Å². The summed E-state index contributed by atoms with van der Waals surface area (Å²) in [4.78, 5) is 0. The number of aromatic nitrogens is 3. The Hall–Kier alpha value is -1.88. The van der Waals surface area contributed by atoms with Crippen molar-refractivity contribution in [3.05, 3.63) is 36.2 Å². The van der Waals surface area contributed by atoms with Crippen LogP contribution in [0.1, 0.15) is 19.0 Å². The Morgan fingerprint density at radius 2 is 2.06 bits per heavy atom. The Labute approximate surface area is 107 Å². The molecular weight excluding hydrogens is 228 g/mol.